The zero-order valence-electron chi connectivity index (χ0n) is 23.1. The van der Waals surface area contributed by atoms with Gasteiger partial charge in [-0.3, -0.25) is 0 Å². The highest BCUT2D eigenvalue weighted by molar-refractivity contribution is 5.89. The summed E-state index contributed by atoms with van der Waals surface area (Å²) in [5, 5.41) is 9.45. The Kier molecular flexibility index (Phi) is 13.1. The average Bonchev–Trinajstić information content (AvgIpc) is 2.92. The van der Waals surface area contributed by atoms with Crippen LogP contribution in [0.25, 0.3) is 11.6 Å². The summed E-state index contributed by atoms with van der Waals surface area (Å²) in [6, 6.07) is 22.0. The maximum Gasteiger partial charge on any atom is 0.123 e. The van der Waals surface area contributed by atoms with E-state index >= 15 is 0 Å². The van der Waals surface area contributed by atoms with Crippen LogP contribution in [0.15, 0.2) is 66.7 Å². The van der Waals surface area contributed by atoms with E-state index < -0.39 is 0 Å². The molecule has 0 unspecified atom stereocenters. The highest BCUT2D eigenvalue weighted by Gasteiger charge is 2.03. The lowest BCUT2D eigenvalue weighted by Crippen LogP contribution is -1.98. The van der Waals surface area contributed by atoms with E-state index in [2.05, 4.69) is 19.1 Å². The van der Waals surface area contributed by atoms with Crippen LogP contribution in [-0.4, -0.2) is 13.2 Å². The molecule has 0 aliphatic carbocycles. The van der Waals surface area contributed by atoms with Crippen LogP contribution in [0, 0.1) is 24.1 Å². The molecule has 0 saturated heterocycles. The van der Waals surface area contributed by atoms with E-state index in [-0.39, 0.29) is 5.82 Å². The molecule has 2 N–H and O–H groups in total. The molecule has 3 rings (SSSR count). The van der Waals surface area contributed by atoms with Crippen molar-refractivity contribution in [1.82, 2.24) is 0 Å². The summed E-state index contributed by atoms with van der Waals surface area (Å²) in [7, 11) is 0. The van der Waals surface area contributed by atoms with Crippen molar-refractivity contribution < 1.29 is 13.9 Å². The molecule has 0 fully saturated rings. The van der Waals surface area contributed by atoms with Crippen LogP contribution in [0.2, 0.25) is 0 Å². The van der Waals surface area contributed by atoms with Crippen molar-refractivity contribution in [2.75, 3.05) is 18.9 Å². The first kappa shape index (κ1) is 29.9. The Morgan fingerprint density at radius 2 is 1.44 bits per heavy atom. The van der Waals surface area contributed by atoms with Gasteiger partial charge in [-0.25, -0.2) is 4.39 Å². The SMILES string of the molecule is Cc1cc(N)cc(COCCCCCCCCCCCOc2ccc(C=C(C#N)c3ccc(F)cc3)cc2)c1. The van der Waals surface area contributed by atoms with Gasteiger partial charge in [-0.1, -0.05) is 75.3 Å². The minimum atomic E-state index is -0.313. The summed E-state index contributed by atoms with van der Waals surface area (Å²) in [6.45, 7) is 4.22. The van der Waals surface area contributed by atoms with Gasteiger partial charge in [-0.15, -0.1) is 0 Å². The van der Waals surface area contributed by atoms with Gasteiger partial charge in [-0.05, 0) is 84.5 Å². The second-order valence-corrected chi connectivity index (χ2v) is 10.1. The van der Waals surface area contributed by atoms with Gasteiger partial charge in [0.25, 0.3) is 0 Å². The number of anilines is 1. The number of hydrogen-bond donors (Lipinski definition) is 1. The molecular formula is C34H41FN2O2. The Balaban J connectivity index is 1.17. The Bertz CT molecular complexity index is 1180. The minimum absolute atomic E-state index is 0.313. The number of hydrogen-bond acceptors (Lipinski definition) is 4. The predicted molar refractivity (Wildman–Crippen MR) is 159 cm³/mol. The molecule has 3 aromatic carbocycles. The minimum Gasteiger partial charge on any atom is -0.494 e. The molecule has 0 saturated carbocycles. The number of ether oxygens (including phenoxy) is 2. The van der Waals surface area contributed by atoms with Gasteiger partial charge in [0, 0.05) is 12.3 Å². The van der Waals surface area contributed by atoms with Crippen molar-refractivity contribution in [3.05, 3.63) is 94.8 Å². The van der Waals surface area contributed by atoms with Crippen LogP contribution in [0.5, 0.6) is 5.75 Å². The van der Waals surface area contributed by atoms with E-state index in [9.17, 15) is 9.65 Å². The third kappa shape index (κ3) is 11.8. The van der Waals surface area contributed by atoms with Crippen molar-refractivity contribution in [3.63, 3.8) is 0 Å². The summed E-state index contributed by atoms with van der Waals surface area (Å²) in [5.74, 6) is 0.520. The fourth-order valence-corrected chi connectivity index (χ4v) is 4.54. The van der Waals surface area contributed by atoms with E-state index in [1.54, 1.807) is 18.2 Å². The van der Waals surface area contributed by atoms with E-state index in [4.69, 9.17) is 15.2 Å². The van der Waals surface area contributed by atoms with Gasteiger partial charge in [0.15, 0.2) is 0 Å². The molecule has 39 heavy (non-hydrogen) atoms. The monoisotopic (exact) mass is 528 g/mol. The number of rotatable bonds is 17. The Labute approximate surface area is 233 Å². The van der Waals surface area contributed by atoms with Gasteiger partial charge in [0.2, 0.25) is 0 Å². The Morgan fingerprint density at radius 3 is 2.05 bits per heavy atom. The van der Waals surface area contributed by atoms with Crippen molar-refractivity contribution in [1.29, 1.82) is 5.26 Å². The maximum absolute atomic E-state index is 13.1. The number of nitrogen functional groups attached to an aromatic ring is 1. The highest BCUT2D eigenvalue weighted by Crippen LogP contribution is 2.20. The number of benzene rings is 3. The van der Waals surface area contributed by atoms with E-state index in [1.165, 1.54) is 62.6 Å². The van der Waals surface area contributed by atoms with Gasteiger partial charge < -0.3 is 15.2 Å². The molecule has 0 aliphatic heterocycles. The molecule has 0 bridgehead atoms. The van der Waals surface area contributed by atoms with Crippen LogP contribution in [0.1, 0.15) is 80.0 Å². The van der Waals surface area contributed by atoms with Crippen LogP contribution in [0.3, 0.4) is 0 Å². The largest absolute Gasteiger partial charge is 0.494 e. The van der Waals surface area contributed by atoms with Crippen LogP contribution >= 0.6 is 0 Å². The average molecular weight is 529 g/mol. The lowest BCUT2D eigenvalue weighted by atomic mass is 10.0. The second kappa shape index (κ2) is 17.1. The van der Waals surface area contributed by atoms with E-state index in [0.29, 0.717) is 24.4 Å². The first-order valence-corrected chi connectivity index (χ1v) is 14.1. The quantitative estimate of drug-likeness (QED) is 0.0822. The maximum atomic E-state index is 13.1. The molecular weight excluding hydrogens is 487 g/mol. The van der Waals surface area contributed by atoms with E-state index in [0.717, 1.165) is 42.0 Å². The fraction of sp³-hybridized carbons (Fsp3) is 0.382. The fourth-order valence-electron chi connectivity index (χ4n) is 4.54. The summed E-state index contributed by atoms with van der Waals surface area (Å²) in [5.41, 5.74) is 11.1. The normalized spacial score (nSPS) is 11.4. The molecule has 0 heterocycles. The zero-order valence-corrected chi connectivity index (χ0v) is 23.1. The first-order valence-electron chi connectivity index (χ1n) is 14.1. The number of nitrogens with two attached hydrogens (primary N) is 1. The molecule has 206 valence electrons. The molecule has 4 nitrogen and oxygen atoms in total. The third-order valence-electron chi connectivity index (χ3n) is 6.60. The molecule has 0 aromatic heterocycles. The van der Waals surface area contributed by atoms with Gasteiger partial charge >= 0.3 is 0 Å². The molecule has 3 aromatic rings. The topological polar surface area (TPSA) is 68.3 Å². The standard InChI is InChI=1S/C34H41FN2O2/c1-27-21-29(24-33(37)22-27)26-38-19-9-7-5-3-2-4-6-8-10-20-39-34-17-11-28(12-18-34)23-31(25-36)30-13-15-32(35)16-14-30/h11-18,21-24H,2-10,19-20,26,37H2,1H3. The van der Waals surface area contributed by atoms with Gasteiger partial charge in [0.05, 0.1) is 24.9 Å². The molecule has 5 heteroatoms. The summed E-state index contributed by atoms with van der Waals surface area (Å²) >= 11 is 0. The lowest BCUT2D eigenvalue weighted by Gasteiger charge is -2.07. The lowest BCUT2D eigenvalue weighted by molar-refractivity contribution is 0.116. The number of nitriles is 1. The summed E-state index contributed by atoms with van der Waals surface area (Å²) in [4.78, 5) is 0. The zero-order chi connectivity index (χ0) is 27.7. The predicted octanol–water partition coefficient (Wildman–Crippen LogP) is 8.89. The molecule has 0 aliphatic rings. The second-order valence-electron chi connectivity index (χ2n) is 10.1. The first-order chi connectivity index (χ1) is 19.0. The number of allylic oxidation sites excluding steroid dienone is 1. The highest BCUT2D eigenvalue weighted by atomic mass is 19.1. The van der Waals surface area contributed by atoms with Gasteiger partial charge in [0.1, 0.15) is 11.6 Å². The van der Waals surface area contributed by atoms with Gasteiger partial charge in [-0.2, -0.15) is 5.26 Å². The third-order valence-corrected chi connectivity index (χ3v) is 6.60. The summed E-state index contributed by atoms with van der Waals surface area (Å²) in [6.07, 6.45) is 12.8. The number of halogens is 1. The summed E-state index contributed by atoms with van der Waals surface area (Å²) < 4.78 is 24.8. The number of aryl methyl sites for hydroxylation is 1. The molecule has 0 atom stereocenters. The molecule has 0 radical (unpaired) electrons. The van der Waals surface area contributed by atoms with Crippen LogP contribution < -0.4 is 10.5 Å². The van der Waals surface area contributed by atoms with Crippen molar-refractivity contribution in [3.8, 4) is 11.8 Å². The smallest absolute Gasteiger partial charge is 0.123 e. The molecule has 0 spiro atoms. The Hall–Kier alpha value is -3.62. The van der Waals surface area contributed by atoms with Crippen molar-refractivity contribution >= 4 is 17.3 Å². The number of nitrogens with zero attached hydrogens (tertiary/aromatic N) is 1. The van der Waals surface area contributed by atoms with E-state index in [1.807, 2.05) is 36.4 Å². The van der Waals surface area contributed by atoms with Crippen LogP contribution in [-0.2, 0) is 11.3 Å². The van der Waals surface area contributed by atoms with Crippen molar-refractivity contribution in [2.24, 2.45) is 0 Å². The Morgan fingerprint density at radius 1 is 0.821 bits per heavy atom. The molecule has 0 amide bonds. The van der Waals surface area contributed by atoms with Crippen molar-refractivity contribution in [2.45, 2.75) is 71.3 Å². The number of unbranched alkanes of at least 4 members (excludes halogenated alkanes) is 8. The van der Waals surface area contributed by atoms with Crippen LogP contribution in [0.4, 0.5) is 10.1 Å².